The van der Waals surface area contributed by atoms with Crippen molar-refractivity contribution in [2.45, 2.75) is 0 Å². The van der Waals surface area contributed by atoms with Crippen LogP contribution in [-0.2, 0) is 0 Å². The van der Waals surface area contributed by atoms with Crippen LogP contribution in [0.4, 0.5) is 11.6 Å². The number of pyridine rings is 2. The zero-order chi connectivity index (χ0) is 20.9. The average molecular weight is 420 g/mol. The zero-order valence-corrected chi connectivity index (χ0v) is 17.2. The lowest BCUT2D eigenvalue weighted by molar-refractivity contribution is 0.586. The fourth-order valence-corrected chi connectivity index (χ4v) is 3.57. The molecule has 0 atom stereocenters. The third kappa shape index (κ3) is 4.17. The van der Waals surface area contributed by atoms with Gasteiger partial charge < -0.3 is 15.5 Å². The Kier molecular flexibility index (Phi) is 6.02. The van der Waals surface area contributed by atoms with Crippen molar-refractivity contribution in [3.8, 4) is 11.4 Å². The number of fused-ring (bicyclic) bond motifs is 1. The van der Waals surface area contributed by atoms with E-state index in [9.17, 15) is 0 Å². The van der Waals surface area contributed by atoms with Gasteiger partial charge in [-0.15, -0.1) is 0 Å². The van der Waals surface area contributed by atoms with E-state index in [0.29, 0.717) is 22.2 Å². The maximum Gasteiger partial charge on any atom is 0.162 e. The van der Waals surface area contributed by atoms with Crippen LogP contribution in [0.25, 0.3) is 22.3 Å². The first-order valence-electron chi connectivity index (χ1n) is 9.65. The van der Waals surface area contributed by atoms with Gasteiger partial charge in [-0.05, 0) is 24.3 Å². The molecule has 30 heavy (non-hydrogen) atoms. The Labute approximate surface area is 180 Å². The number of nitrogens with zero attached hydrogens (tertiary/aromatic N) is 5. The van der Waals surface area contributed by atoms with Gasteiger partial charge in [0.25, 0.3) is 0 Å². The molecular formula is C22H22ClN7. The summed E-state index contributed by atoms with van der Waals surface area (Å²) in [6.07, 6.45) is 10.3. The van der Waals surface area contributed by atoms with Crippen LogP contribution in [0.3, 0.4) is 0 Å². The molecule has 0 saturated carbocycles. The summed E-state index contributed by atoms with van der Waals surface area (Å²) in [6.45, 7) is 11.0. The fraction of sp³-hybridized carbons (Fsp3) is 0.182. The minimum atomic E-state index is 0.551. The minimum Gasteiger partial charge on any atom is -0.353 e. The van der Waals surface area contributed by atoms with Crippen molar-refractivity contribution in [3.63, 3.8) is 0 Å². The molecule has 0 spiro atoms. The first-order valence-corrected chi connectivity index (χ1v) is 10.0. The molecule has 1 aliphatic rings. The Balaban J connectivity index is 1.80. The molecule has 4 rings (SSSR count). The zero-order valence-electron chi connectivity index (χ0n) is 16.5. The third-order valence-corrected chi connectivity index (χ3v) is 5.05. The molecule has 0 aromatic carbocycles. The van der Waals surface area contributed by atoms with E-state index < -0.39 is 0 Å². The van der Waals surface area contributed by atoms with Gasteiger partial charge in [0, 0.05) is 49.8 Å². The van der Waals surface area contributed by atoms with Crippen LogP contribution in [0.15, 0.2) is 67.8 Å². The van der Waals surface area contributed by atoms with Gasteiger partial charge in [-0.3, -0.25) is 4.98 Å². The molecule has 152 valence electrons. The van der Waals surface area contributed by atoms with Crippen molar-refractivity contribution in [1.29, 1.82) is 0 Å². The van der Waals surface area contributed by atoms with E-state index in [1.54, 1.807) is 30.7 Å². The van der Waals surface area contributed by atoms with E-state index in [4.69, 9.17) is 21.6 Å². The van der Waals surface area contributed by atoms with Crippen molar-refractivity contribution >= 4 is 34.1 Å². The highest BCUT2D eigenvalue weighted by Gasteiger charge is 2.19. The summed E-state index contributed by atoms with van der Waals surface area (Å²) in [5.74, 6) is 2.09. The summed E-state index contributed by atoms with van der Waals surface area (Å²) in [6, 6.07) is 3.79. The molecule has 1 aliphatic heterocycles. The average Bonchev–Trinajstić information content (AvgIpc) is 2.79. The number of piperazine rings is 1. The van der Waals surface area contributed by atoms with Crippen molar-refractivity contribution in [2.75, 3.05) is 36.4 Å². The number of aromatic nitrogens is 4. The van der Waals surface area contributed by atoms with E-state index in [1.165, 1.54) is 0 Å². The quantitative estimate of drug-likeness (QED) is 0.588. The van der Waals surface area contributed by atoms with Crippen LogP contribution in [-0.4, -0.2) is 46.1 Å². The molecule has 3 aromatic rings. The molecule has 7 nitrogen and oxygen atoms in total. The second-order valence-corrected chi connectivity index (χ2v) is 7.15. The van der Waals surface area contributed by atoms with Crippen LogP contribution in [0.2, 0.25) is 5.02 Å². The van der Waals surface area contributed by atoms with Crippen molar-refractivity contribution < 1.29 is 0 Å². The van der Waals surface area contributed by atoms with E-state index in [-0.39, 0.29) is 0 Å². The number of anilines is 2. The first kappa shape index (κ1) is 20.0. The van der Waals surface area contributed by atoms with Gasteiger partial charge in [0.05, 0.1) is 22.1 Å². The monoisotopic (exact) mass is 419 g/mol. The summed E-state index contributed by atoms with van der Waals surface area (Å²) >= 11 is 6.48. The molecule has 8 heteroatoms. The molecule has 0 aliphatic carbocycles. The van der Waals surface area contributed by atoms with Gasteiger partial charge in [-0.1, -0.05) is 30.8 Å². The SMILES string of the molecule is C=C/C=C(\C=C)Nc1cc(-c2nc(N3CCNCC3)c3c(Cl)cncc3n2)ccn1. The molecule has 3 aromatic heterocycles. The second kappa shape index (κ2) is 9.02. The van der Waals surface area contributed by atoms with Gasteiger partial charge in [-0.2, -0.15) is 0 Å². The molecule has 4 heterocycles. The van der Waals surface area contributed by atoms with Crippen LogP contribution in [0.5, 0.6) is 0 Å². The maximum absolute atomic E-state index is 6.48. The molecule has 0 bridgehead atoms. The molecular weight excluding hydrogens is 398 g/mol. The number of halogens is 1. The van der Waals surface area contributed by atoms with Crippen LogP contribution < -0.4 is 15.5 Å². The van der Waals surface area contributed by atoms with Gasteiger partial charge in [-0.25, -0.2) is 15.0 Å². The molecule has 0 unspecified atom stereocenters. The molecule has 0 amide bonds. The first-order chi connectivity index (χ1) is 14.7. The number of rotatable bonds is 6. The highest BCUT2D eigenvalue weighted by molar-refractivity contribution is 6.36. The van der Waals surface area contributed by atoms with Crippen molar-refractivity contribution in [3.05, 3.63) is 72.8 Å². The molecule has 1 saturated heterocycles. The summed E-state index contributed by atoms with van der Waals surface area (Å²) in [4.78, 5) is 20.5. The third-order valence-electron chi connectivity index (χ3n) is 4.77. The predicted octanol–water partition coefficient (Wildman–Crippen LogP) is 3.82. The summed E-state index contributed by atoms with van der Waals surface area (Å²) in [7, 11) is 0. The summed E-state index contributed by atoms with van der Waals surface area (Å²) in [5, 5.41) is 7.96. The molecule has 1 fully saturated rings. The van der Waals surface area contributed by atoms with Crippen LogP contribution in [0.1, 0.15) is 0 Å². The lowest BCUT2D eigenvalue weighted by Crippen LogP contribution is -2.44. The minimum absolute atomic E-state index is 0.551. The topological polar surface area (TPSA) is 78.9 Å². The molecule has 2 N–H and O–H groups in total. The Bertz CT molecular complexity index is 1120. The highest BCUT2D eigenvalue weighted by Crippen LogP contribution is 2.32. The smallest absolute Gasteiger partial charge is 0.162 e. The Morgan fingerprint density at radius 2 is 2.03 bits per heavy atom. The van der Waals surface area contributed by atoms with Gasteiger partial charge in [0.1, 0.15) is 11.6 Å². The summed E-state index contributed by atoms with van der Waals surface area (Å²) in [5.41, 5.74) is 2.35. The maximum atomic E-state index is 6.48. The van der Waals surface area contributed by atoms with Gasteiger partial charge in [0.2, 0.25) is 0 Å². The number of nitrogens with one attached hydrogen (secondary N) is 2. The van der Waals surface area contributed by atoms with E-state index in [0.717, 1.165) is 48.6 Å². The number of hydrogen-bond donors (Lipinski definition) is 2. The predicted molar refractivity (Wildman–Crippen MR) is 123 cm³/mol. The van der Waals surface area contributed by atoms with Gasteiger partial charge in [0.15, 0.2) is 5.82 Å². The Morgan fingerprint density at radius 1 is 1.20 bits per heavy atom. The molecule has 0 radical (unpaired) electrons. The standard InChI is InChI=1S/C22H22ClN7/c1-3-5-16(4-2)27-19-12-15(6-7-26-19)21-28-18-14-25-13-17(23)20(18)22(29-21)30-10-8-24-9-11-30/h3-7,12-14,24H,1-2,8-11H2,(H,26,27)/b16-5+. The van der Waals surface area contributed by atoms with E-state index in [1.807, 2.05) is 18.2 Å². The highest BCUT2D eigenvalue weighted by atomic mass is 35.5. The second-order valence-electron chi connectivity index (χ2n) is 6.74. The van der Waals surface area contributed by atoms with E-state index >= 15 is 0 Å². The Hall–Kier alpha value is -3.29. The largest absolute Gasteiger partial charge is 0.353 e. The fourth-order valence-electron chi connectivity index (χ4n) is 3.33. The summed E-state index contributed by atoms with van der Waals surface area (Å²) < 4.78 is 0. The lowest BCUT2D eigenvalue weighted by atomic mass is 10.2. The van der Waals surface area contributed by atoms with Crippen LogP contribution in [0, 0.1) is 0 Å². The van der Waals surface area contributed by atoms with E-state index in [2.05, 4.69) is 38.7 Å². The normalized spacial score (nSPS) is 14.6. The van der Waals surface area contributed by atoms with Crippen molar-refractivity contribution in [1.82, 2.24) is 25.3 Å². The number of allylic oxidation sites excluding steroid dienone is 3. The van der Waals surface area contributed by atoms with Crippen molar-refractivity contribution in [2.24, 2.45) is 0 Å². The number of hydrogen-bond acceptors (Lipinski definition) is 7. The Morgan fingerprint density at radius 3 is 2.80 bits per heavy atom. The lowest BCUT2D eigenvalue weighted by Gasteiger charge is -2.29. The van der Waals surface area contributed by atoms with Gasteiger partial charge >= 0.3 is 0 Å². The van der Waals surface area contributed by atoms with Crippen LogP contribution >= 0.6 is 11.6 Å².